The highest BCUT2D eigenvalue weighted by molar-refractivity contribution is 5.86. The van der Waals surface area contributed by atoms with Gasteiger partial charge in [-0.05, 0) is 32.4 Å². The zero-order valence-corrected chi connectivity index (χ0v) is 14.9. The van der Waals surface area contributed by atoms with Crippen molar-refractivity contribution >= 4 is 22.6 Å². The first-order chi connectivity index (χ1) is 11.9. The van der Waals surface area contributed by atoms with Crippen LogP contribution in [0.2, 0.25) is 0 Å². The second-order valence-electron chi connectivity index (χ2n) is 7.28. The molecule has 7 heteroatoms. The number of rotatable bonds is 5. The quantitative estimate of drug-likeness (QED) is 0.827. The second kappa shape index (κ2) is 7.39. The summed E-state index contributed by atoms with van der Waals surface area (Å²) in [7, 11) is 3.81. The summed E-state index contributed by atoms with van der Waals surface area (Å²) in [5.41, 5.74) is 0.723. The van der Waals surface area contributed by atoms with E-state index in [9.17, 15) is 9.18 Å². The lowest BCUT2D eigenvalue weighted by Crippen LogP contribution is -2.41. The number of aromatic nitrogens is 3. The normalized spacial score (nSPS) is 21.1. The second-order valence-corrected chi connectivity index (χ2v) is 7.28. The molecule has 1 aliphatic heterocycles. The number of fused-ring (bicyclic) bond motifs is 1. The molecule has 0 amide bonds. The van der Waals surface area contributed by atoms with Gasteiger partial charge in [-0.15, -0.1) is 0 Å². The van der Waals surface area contributed by atoms with E-state index in [-0.39, 0.29) is 17.2 Å². The average Bonchev–Trinajstić information content (AvgIpc) is 2.54. The molecule has 0 aliphatic carbocycles. The summed E-state index contributed by atoms with van der Waals surface area (Å²) < 4.78 is 13.9. The lowest BCUT2D eigenvalue weighted by molar-refractivity contribution is -0.120. The van der Waals surface area contributed by atoms with Crippen molar-refractivity contribution in [1.82, 2.24) is 19.9 Å². The summed E-state index contributed by atoms with van der Waals surface area (Å²) in [6.45, 7) is 4.19. The number of pyridine rings is 1. The maximum atomic E-state index is 13.9. The highest BCUT2D eigenvalue weighted by Crippen LogP contribution is 2.30. The number of ketones is 1. The Morgan fingerprint density at radius 2 is 1.96 bits per heavy atom. The Bertz CT molecular complexity index is 766. The Morgan fingerprint density at radius 3 is 2.68 bits per heavy atom. The third-order valence-electron chi connectivity index (χ3n) is 4.49. The van der Waals surface area contributed by atoms with Gasteiger partial charge in [-0.1, -0.05) is 6.92 Å². The van der Waals surface area contributed by atoms with Gasteiger partial charge in [0, 0.05) is 31.9 Å². The minimum atomic E-state index is -0.463. The van der Waals surface area contributed by atoms with Crippen molar-refractivity contribution in [2.24, 2.45) is 11.8 Å². The maximum absolute atomic E-state index is 13.9. The van der Waals surface area contributed by atoms with Crippen molar-refractivity contribution < 1.29 is 9.18 Å². The number of piperidine rings is 1. The van der Waals surface area contributed by atoms with Crippen LogP contribution >= 0.6 is 0 Å². The summed E-state index contributed by atoms with van der Waals surface area (Å²) in [6, 6.07) is 0. The van der Waals surface area contributed by atoms with Crippen molar-refractivity contribution in [3.63, 3.8) is 0 Å². The first-order valence-corrected chi connectivity index (χ1v) is 8.60. The van der Waals surface area contributed by atoms with Gasteiger partial charge in [0.15, 0.2) is 11.6 Å². The third-order valence-corrected chi connectivity index (χ3v) is 4.49. The van der Waals surface area contributed by atoms with E-state index in [0.29, 0.717) is 30.2 Å². The van der Waals surface area contributed by atoms with Crippen LogP contribution in [0.15, 0.2) is 18.6 Å². The molecule has 0 aromatic carbocycles. The molecule has 0 bridgehead atoms. The van der Waals surface area contributed by atoms with E-state index in [1.165, 1.54) is 12.4 Å². The molecule has 1 aliphatic rings. The number of carbonyl (C=O) groups excluding carboxylic acids is 1. The van der Waals surface area contributed by atoms with Gasteiger partial charge in [-0.25, -0.2) is 19.3 Å². The Morgan fingerprint density at radius 1 is 1.24 bits per heavy atom. The summed E-state index contributed by atoms with van der Waals surface area (Å²) in [4.78, 5) is 28.9. The van der Waals surface area contributed by atoms with E-state index in [0.717, 1.165) is 19.5 Å². The minimum absolute atomic E-state index is 0.242. The van der Waals surface area contributed by atoms with Gasteiger partial charge < -0.3 is 9.80 Å². The van der Waals surface area contributed by atoms with Gasteiger partial charge in [-0.2, -0.15) is 0 Å². The van der Waals surface area contributed by atoms with Crippen LogP contribution in [-0.4, -0.2) is 59.4 Å². The van der Waals surface area contributed by atoms with Crippen molar-refractivity contribution in [3.8, 4) is 0 Å². The Balaban J connectivity index is 1.83. The maximum Gasteiger partial charge on any atom is 0.169 e. The highest BCUT2D eigenvalue weighted by atomic mass is 19.1. The van der Waals surface area contributed by atoms with Gasteiger partial charge in [0.25, 0.3) is 0 Å². The number of halogens is 1. The number of nitrogens with zero attached hydrogens (tertiary/aromatic N) is 5. The molecule has 3 heterocycles. The molecule has 2 atom stereocenters. The van der Waals surface area contributed by atoms with Crippen LogP contribution in [0.25, 0.3) is 11.0 Å². The Kier molecular flexibility index (Phi) is 5.22. The van der Waals surface area contributed by atoms with Gasteiger partial charge in [0.2, 0.25) is 0 Å². The van der Waals surface area contributed by atoms with E-state index >= 15 is 0 Å². The Hall–Kier alpha value is -2.15. The van der Waals surface area contributed by atoms with E-state index in [1.807, 2.05) is 19.0 Å². The van der Waals surface area contributed by atoms with E-state index < -0.39 is 5.82 Å². The molecule has 25 heavy (non-hydrogen) atoms. The van der Waals surface area contributed by atoms with Crippen molar-refractivity contribution in [1.29, 1.82) is 0 Å². The summed E-state index contributed by atoms with van der Waals surface area (Å²) in [5.74, 6) is 1.15. The minimum Gasteiger partial charge on any atom is -0.354 e. The molecule has 1 fully saturated rings. The molecule has 0 N–H and O–H groups in total. The summed E-state index contributed by atoms with van der Waals surface area (Å²) in [5, 5.41) is 0. The fourth-order valence-electron chi connectivity index (χ4n) is 3.69. The third kappa shape index (κ3) is 4.10. The fourth-order valence-corrected chi connectivity index (χ4v) is 3.69. The van der Waals surface area contributed by atoms with Crippen LogP contribution in [-0.2, 0) is 4.79 Å². The molecule has 1 saturated heterocycles. The number of hydrogen-bond acceptors (Lipinski definition) is 6. The molecule has 3 rings (SSSR count). The summed E-state index contributed by atoms with van der Waals surface area (Å²) in [6.07, 6.45) is 5.82. The first kappa shape index (κ1) is 17.7. The largest absolute Gasteiger partial charge is 0.354 e. The number of carbonyl (C=O) groups is 1. The van der Waals surface area contributed by atoms with Crippen molar-refractivity contribution in [3.05, 3.63) is 24.4 Å². The van der Waals surface area contributed by atoms with Crippen LogP contribution in [0.3, 0.4) is 0 Å². The zero-order chi connectivity index (χ0) is 18.0. The lowest BCUT2D eigenvalue weighted by atomic mass is 9.87. The van der Waals surface area contributed by atoms with E-state index in [2.05, 4.69) is 26.8 Å². The number of Topliss-reactive ketones (excluding diaryl/α,β-unsaturated/α-hetero) is 1. The molecule has 0 saturated carbocycles. The lowest BCUT2D eigenvalue weighted by Gasteiger charge is -2.37. The van der Waals surface area contributed by atoms with Crippen LogP contribution in [0, 0.1) is 17.7 Å². The number of anilines is 1. The SMILES string of the molecule is C[C@H]1C[C@@H](CC(=O)CN(C)C)CN(c2ncc(F)c3nccnc23)C1. The van der Waals surface area contributed by atoms with Crippen molar-refractivity contribution in [2.75, 3.05) is 38.6 Å². The summed E-state index contributed by atoms with van der Waals surface area (Å²) >= 11 is 0. The molecule has 134 valence electrons. The average molecular weight is 345 g/mol. The first-order valence-electron chi connectivity index (χ1n) is 8.60. The predicted molar refractivity (Wildman–Crippen MR) is 95.0 cm³/mol. The molecule has 0 radical (unpaired) electrons. The zero-order valence-electron chi connectivity index (χ0n) is 14.9. The molecule has 2 aromatic rings. The van der Waals surface area contributed by atoms with Gasteiger partial charge in [0.1, 0.15) is 16.8 Å². The molecule has 0 unspecified atom stereocenters. The molecule has 2 aromatic heterocycles. The molecule has 0 spiro atoms. The standard InChI is InChI=1S/C18H24FN5O/c1-12-6-13(7-14(25)11-23(2)3)10-24(9-12)18-17-16(15(19)8-22-18)20-4-5-21-17/h4-5,8,12-13H,6-7,9-11H2,1-3H3/t12-,13-/m0/s1. The molecule has 6 nitrogen and oxygen atoms in total. The molecular weight excluding hydrogens is 321 g/mol. The van der Waals surface area contributed by atoms with Crippen LogP contribution in [0.5, 0.6) is 0 Å². The fraction of sp³-hybridized carbons (Fsp3) is 0.556. The van der Waals surface area contributed by atoms with Crippen LogP contribution < -0.4 is 4.90 Å². The Labute approximate surface area is 147 Å². The number of hydrogen-bond donors (Lipinski definition) is 0. The van der Waals surface area contributed by atoms with Gasteiger partial charge >= 0.3 is 0 Å². The van der Waals surface area contributed by atoms with Gasteiger partial charge in [-0.3, -0.25) is 4.79 Å². The van der Waals surface area contributed by atoms with Crippen LogP contribution in [0.4, 0.5) is 10.2 Å². The predicted octanol–water partition coefficient (Wildman–Crippen LogP) is 2.15. The van der Waals surface area contributed by atoms with Crippen LogP contribution in [0.1, 0.15) is 19.8 Å². The van der Waals surface area contributed by atoms with Crippen molar-refractivity contribution in [2.45, 2.75) is 19.8 Å². The van der Waals surface area contributed by atoms with E-state index in [1.54, 1.807) is 6.20 Å². The van der Waals surface area contributed by atoms with Gasteiger partial charge in [0.05, 0.1) is 12.7 Å². The number of likely N-dealkylation sites (N-methyl/N-ethyl adjacent to an activating group) is 1. The highest BCUT2D eigenvalue weighted by Gasteiger charge is 2.29. The van der Waals surface area contributed by atoms with E-state index in [4.69, 9.17) is 0 Å². The molecular formula is C18H24FN5O. The smallest absolute Gasteiger partial charge is 0.169 e. The monoisotopic (exact) mass is 345 g/mol. The topological polar surface area (TPSA) is 62.2 Å².